The van der Waals surface area contributed by atoms with Crippen molar-refractivity contribution < 1.29 is 4.79 Å². The molecule has 0 bridgehead atoms. The third-order valence-electron chi connectivity index (χ3n) is 3.23. The summed E-state index contributed by atoms with van der Waals surface area (Å²) in [5.74, 6) is 0.939. The zero-order chi connectivity index (χ0) is 14.0. The lowest BCUT2D eigenvalue weighted by Gasteiger charge is -2.18. The minimum atomic E-state index is 0.0932. The molecular weight excluding hydrogens is 236 g/mol. The molecule has 0 amide bonds. The Balaban J connectivity index is 2.27. The number of benzene rings is 1. The van der Waals surface area contributed by atoms with Gasteiger partial charge in [-0.25, -0.2) is 0 Å². The van der Waals surface area contributed by atoms with Crippen LogP contribution in [0.4, 0.5) is 5.82 Å². The molecule has 0 fully saturated rings. The predicted octanol–water partition coefficient (Wildman–Crippen LogP) is 4.22. The molecule has 1 aromatic heterocycles. The molecule has 19 heavy (non-hydrogen) atoms. The smallest absolute Gasteiger partial charge is 0.164 e. The Kier molecular flexibility index (Phi) is 3.65. The summed E-state index contributed by atoms with van der Waals surface area (Å²) in [6, 6.07) is 7.91. The number of anilines is 1. The minimum Gasteiger partial charge on any atom is -0.371 e. The van der Waals surface area contributed by atoms with Gasteiger partial charge in [0.2, 0.25) is 0 Å². The van der Waals surface area contributed by atoms with Gasteiger partial charge in [0, 0.05) is 17.4 Å². The average molecular weight is 258 g/mol. The zero-order valence-corrected chi connectivity index (χ0v) is 12.1. The molecule has 0 radical (unpaired) electrons. The van der Waals surface area contributed by atoms with Crippen molar-refractivity contribution >= 4 is 22.5 Å². The van der Waals surface area contributed by atoms with Crippen LogP contribution in [0.3, 0.4) is 0 Å². The summed E-state index contributed by atoms with van der Waals surface area (Å²) in [6.07, 6.45) is 1.06. The van der Waals surface area contributed by atoms with Gasteiger partial charge in [-0.2, -0.15) is 0 Å². The van der Waals surface area contributed by atoms with Gasteiger partial charge in [0.25, 0.3) is 0 Å². The third kappa shape index (κ3) is 3.16. The SMILES string of the molecule is CC(=O)c1c(NCCC(C)(C)C)[nH]c2ccccc12. The molecule has 0 unspecified atom stereocenters. The molecule has 0 spiro atoms. The first-order valence-corrected chi connectivity index (χ1v) is 6.74. The van der Waals surface area contributed by atoms with E-state index in [2.05, 4.69) is 31.1 Å². The fourth-order valence-corrected chi connectivity index (χ4v) is 2.20. The number of nitrogens with one attached hydrogen (secondary N) is 2. The van der Waals surface area contributed by atoms with Crippen LogP contribution in [-0.2, 0) is 0 Å². The second-order valence-corrected chi connectivity index (χ2v) is 6.21. The third-order valence-corrected chi connectivity index (χ3v) is 3.23. The van der Waals surface area contributed by atoms with E-state index in [9.17, 15) is 4.79 Å². The highest BCUT2D eigenvalue weighted by Gasteiger charge is 2.15. The number of H-pyrrole nitrogens is 1. The van der Waals surface area contributed by atoms with E-state index in [0.717, 1.165) is 35.2 Å². The van der Waals surface area contributed by atoms with E-state index in [4.69, 9.17) is 0 Å². The molecule has 1 aromatic carbocycles. The monoisotopic (exact) mass is 258 g/mol. The van der Waals surface area contributed by atoms with Crippen molar-refractivity contribution in [2.45, 2.75) is 34.1 Å². The van der Waals surface area contributed by atoms with Crippen LogP contribution in [0.15, 0.2) is 24.3 Å². The van der Waals surface area contributed by atoms with Crippen molar-refractivity contribution in [2.24, 2.45) is 5.41 Å². The van der Waals surface area contributed by atoms with E-state index in [0.29, 0.717) is 0 Å². The first kappa shape index (κ1) is 13.7. The number of fused-ring (bicyclic) bond motifs is 1. The molecule has 0 aliphatic heterocycles. The Morgan fingerprint density at radius 3 is 2.58 bits per heavy atom. The van der Waals surface area contributed by atoms with Gasteiger partial charge < -0.3 is 10.3 Å². The Hall–Kier alpha value is -1.77. The van der Waals surface area contributed by atoms with Crippen molar-refractivity contribution in [1.29, 1.82) is 0 Å². The number of hydrogen-bond acceptors (Lipinski definition) is 2. The number of para-hydroxylation sites is 1. The van der Waals surface area contributed by atoms with Crippen molar-refractivity contribution in [1.82, 2.24) is 4.98 Å². The molecule has 1 heterocycles. The summed E-state index contributed by atoms with van der Waals surface area (Å²) < 4.78 is 0. The van der Waals surface area contributed by atoms with Gasteiger partial charge in [0.15, 0.2) is 5.78 Å². The van der Waals surface area contributed by atoms with Crippen LogP contribution in [0.1, 0.15) is 44.5 Å². The Morgan fingerprint density at radius 1 is 1.26 bits per heavy atom. The highest BCUT2D eigenvalue weighted by molar-refractivity contribution is 6.11. The number of aromatic nitrogens is 1. The summed E-state index contributed by atoms with van der Waals surface area (Å²) in [6.45, 7) is 9.12. The molecule has 3 nitrogen and oxygen atoms in total. The van der Waals surface area contributed by atoms with Gasteiger partial charge in [0.1, 0.15) is 5.82 Å². The largest absolute Gasteiger partial charge is 0.371 e. The van der Waals surface area contributed by atoms with Crippen LogP contribution in [-0.4, -0.2) is 17.3 Å². The summed E-state index contributed by atoms with van der Waals surface area (Å²) >= 11 is 0. The van der Waals surface area contributed by atoms with E-state index in [-0.39, 0.29) is 11.2 Å². The number of hydrogen-bond donors (Lipinski definition) is 2. The van der Waals surface area contributed by atoms with Crippen molar-refractivity contribution in [3.63, 3.8) is 0 Å². The normalized spacial score (nSPS) is 11.8. The van der Waals surface area contributed by atoms with Gasteiger partial charge in [-0.3, -0.25) is 4.79 Å². The maximum atomic E-state index is 11.8. The minimum absolute atomic E-state index is 0.0932. The maximum Gasteiger partial charge on any atom is 0.164 e. The fourth-order valence-electron chi connectivity index (χ4n) is 2.20. The van der Waals surface area contributed by atoms with E-state index in [1.165, 1.54) is 0 Å². The fraction of sp³-hybridized carbons (Fsp3) is 0.438. The molecule has 102 valence electrons. The zero-order valence-electron chi connectivity index (χ0n) is 12.1. The topological polar surface area (TPSA) is 44.9 Å². The standard InChI is InChI=1S/C16H22N2O/c1-11(19)14-12-7-5-6-8-13(12)18-15(14)17-10-9-16(2,3)4/h5-8,17-18H,9-10H2,1-4H3. The second-order valence-electron chi connectivity index (χ2n) is 6.21. The molecular formula is C16H22N2O. The average Bonchev–Trinajstić information content (AvgIpc) is 2.65. The van der Waals surface area contributed by atoms with Crippen LogP contribution in [0.5, 0.6) is 0 Å². The first-order valence-electron chi connectivity index (χ1n) is 6.74. The van der Waals surface area contributed by atoms with Gasteiger partial charge in [-0.05, 0) is 24.8 Å². The quantitative estimate of drug-likeness (QED) is 0.806. The van der Waals surface area contributed by atoms with Gasteiger partial charge >= 0.3 is 0 Å². The highest BCUT2D eigenvalue weighted by atomic mass is 16.1. The Bertz CT molecular complexity index is 590. The molecule has 0 saturated heterocycles. The molecule has 0 aliphatic carbocycles. The Labute approximate surface area is 114 Å². The summed E-state index contributed by atoms with van der Waals surface area (Å²) in [5, 5.41) is 4.36. The Morgan fingerprint density at radius 2 is 1.95 bits per heavy atom. The highest BCUT2D eigenvalue weighted by Crippen LogP contribution is 2.27. The van der Waals surface area contributed by atoms with Crippen LogP contribution < -0.4 is 5.32 Å². The molecule has 3 heteroatoms. The van der Waals surface area contributed by atoms with Crippen LogP contribution >= 0.6 is 0 Å². The van der Waals surface area contributed by atoms with Crippen molar-refractivity contribution in [2.75, 3.05) is 11.9 Å². The summed E-state index contributed by atoms with van der Waals surface area (Å²) in [5.41, 5.74) is 2.06. The summed E-state index contributed by atoms with van der Waals surface area (Å²) in [7, 11) is 0. The number of aromatic amines is 1. The van der Waals surface area contributed by atoms with Gasteiger partial charge in [-0.15, -0.1) is 0 Å². The van der Waals surface area contributed by atoms with E-state index < -0.39 is 0 Å². The maximum absolute atomic E-state index is 11.8. The number of Topliss-reactive ketones (excluding diaryl/α,β-unsaturated/α-hetero) is 1. The van der Waals surface area contributed by atoms with Crippen LogP contribution in [0, 0.1) is 5.41 Å². The van der Waals surface area contributed by atoms with Crippen LogP contribution in [0.25, 0.3) is 10.9 Å². The number of ketones is 1. The number of rotatable bonds is 4. The second kappa shape index (κ2) is 5.08. The molecule has 2 aromatic rings. The van der Waals surface area contributed by atoms with E-state index in [1.807, 2.05) is 24.3 Å². The van der Waals surface area contributed by atoms with Gasteiger partial charge in [-0.1, -0.05) is 39.0 Å². The van der Waals surface area contributed by atoms with Crippen LogP contribution in [0.2, 0.25) is 0 Å². The van der Waals surface area contributed by atoms with Crippen molar-refractivity contribution in [3.8, 4) is 0 Å². The predicted molar refractivity (Wildman–Crippen MR) is 80.9 cm³/mol. The lowest BCUT2D eigenvalue weighted by Crippen LogP contribution is -2.14. The van der Waals surface area contributed by atoms with Crippen molar-refractivity contribution in [3.05, 3.63) is 29.8 Å². The number of carbonyl (C=O) groups excluding carboxylic acids is 1. The first-order chi connectivity index (χ1) is 8.88. The molecule has 2 rings (SSSR count). The molecule has 2 N–H and O–H groups in total. The van der Waals surface area contributed by atoms with E-state index >= 15 is 0 Å². The molecule has 0 aliphatic rings. The lowest BCUT2D eigenvalue weighted by molar-refractivity contribution is 0.102. The molecule has 0 atom stereocenters. The van der Waals surface area contributed by atoms with Gasteiger partial charge in [0.05, 0.1) is 5.56 Å². The number of carbonyl (C=O) groups is 1. The lowest BCUT2D eigenvalue weighted by atomic mass is 9.92. The summed E-state index contributed by atoms with van der Waals surface area (Å²) in [4.78, 5) is 15.1. The van der Waals surface area contributed by atoms with E-state index in [1.54, 1.807) is 6.92 Å². The molecule has 0 saturated carbocycles.